The molecule has 1 rings (SSSR count). The summed E-state index contributed by atoms with van der Waals surface area (Å²) in [6.45, 7) is 0. The number of thiophene rings is 1. The normalized spacial score (nSPS) is 11.8. The summed E-state index contributed by atoms with van der Waals surface area (Å²) in [5.41, 5.74) is 0. The van der Waals surface area contributed by atoms with Gasteiger partial charge >= 0.3 is 6.09 Å². The number of alkyl halides is 3. The molecule has 1 heterocycles. The maximum Gasteiger partial charge on any atom is 0.440 e. The lowest BCUT2D eigenvalue weighted by Gasteiger charge is -2.17. The lowest BCUT2D eigenvalue weighted by Crippen LogP contribution is -2.22. The molecule has 0 saturated heterocycles. The van der Waals surface area contributed by atoms with Crippen molar-refractivity contribution in [3.63, 3.8) is 0 Å². The zero-order chi connectivity index (χ0) is 12.9. The maximum absolute atomic E-state index is 11.3. The fourth-order valence-corrected chi connectivity index (χ4v) is 2.37. The molecular weight excluding hydrogens is 327 g/mol. The van der Waals surface area contributed by atoms with E-state index in [9.17, 15) is 4.79 Å². The number of ether oxygens (including phenoxy) is 1. The molecule has 1 aromatic rings. The molecule has 94 valence electrons. The van der Waals surface area contributed by atoms with Crippen LogP contribution in [0.4, 0.5) is 4.79 Å². The topological polar surface area (TPSA) is 41.9 Å². The molecule has 0 aliphatic carbocycles. The Labute approximate surface area is 122 Å². The predicted octanol–water partition coefficient (Wildman–Crippen LogP) is 4.13. The number of carbonyl (C=O) groups is 1. The van der Waals surface area contributed by atoms with Crippen LogP contribution in [0.25, 0.3) is 0 Å². The van der Waals surface area contributed by atoms with Crippen LogP contribution in [0.2, 0.25) is 0 Å². The second-order valence-corrected chi connectivity index (χ2v) is 7.61. The van der Waals surface area contributed by atoms with Gasteiger partial charge in [0.1, 0.15) is 0 Å². The molecule has 1 aromatic heterocycles. The predicted molar refractivity (Wildman–Crippen MR) is 74.0 cm³/mol. The Morgan fingerprint density at radius 3 is 2.82 bits per heavy atom. The number of hydrogen-bond acceptors (Lipinski definition) is 5. The third kappa shape index (κ3) is 5.83. The highest BCUT2D eigenvalue weighted by Crippen LogP contribution is 2.41. The third-order valence-corrected chi connectivity index (χ3v) is 3.41. The Bertz CT molecular complexity index is 392. The van der Waals surface area contributed by atoms with Gasteiger partial charge in [0.05, 0.1) is 13.3 Å². The number of halogens is 3. The van der Waals surface area contributed by atoms with E-state index < -0.39 is 9.22 Å². The summed E-state index contributed by atoms with van der Waals surface area (Å²) in [6.07, 6.45) is 0.750. The van der Waals surface area contributed by atoms with Crippen molar-refractivity contribution in [1.82, 2.24) is 4.41 Å². The lowest BCUT2D eigenvalue weighted by molar-refractivity contribution is 0.153. The Hall–Kier alpha value is -0.140. The van der Waals surface area contributed by atoms with Crippen LogP contribution < -0.4 is 0 Å². The second-order valence-electron chi connectivity index (χ2n) is 2.54. The van der Waals surface area contributed by atoms with E-state index >= 15 is 0 Å². The number of amides is 1. The molecule has 9 heteroatoms. The van der Waals surface area contributed by atoms with E-state index in [0.29, 0.717) is 11.9 Å². The van der Waals surface area contributed by atoms with Crippen molar-refractivity contribution in [1.29, 1.82) is 0 Å². The first-order chi connectivity index (χ1) is 7.92. The van der Waals surface area contributed by atoms with Crippen LogP contribution in [0.3, 0.4) is 0 Å². The van der Waals surface area contributed by atoms with Crippen molar-refractivity contribution in [2.24, 2.45) is 5.10 Å². The Balaban J connectivity index is 2.74. The number of hydrogen-bond donors (Lipinski definition) is 0. The fraction of sp³-hybridized carbons (Fsp3) is 0.250. The van der Waals surface area contributed by atoms with Crippen molar-refractivity contribution in [3.05, 3.63) is 22.4 Å². The molecule has 0 aromatic carbocycles. The van der Waals surface area contributed by atoms with Crippen molar-refractivity contribution in [2.45, 2.75) is 3.12 Å². The highest BCUT2D eigenvalue weighted by Gasteiger charge is 2.29. The van der Waals surface area contributed by atoms with Crippen LogP contribution >= 0.6 is 58.1 Å². The molecule has 0 saturated carbocycles. The zero-order valence-corrected chi connectivity index (χ0v) is 12.4. The molecule has 1 amide bonds. The van der Waals surface area contributed by atoms with Crippen molar-refractivity contribution in [3.8, 4) is 0 Å². The van der Waals surface area contributed by atoms with E-state index in [1.54, 1.807) is 0 Å². The molecule has 0 N–H and O–H groups in total. The minimum atomic E-state index is -1.69. The maximum atomic E-state index is 11.3. The number of carbonyl (C=O) groups excluding carboxylic acids is 1. The number of methoxy groups -OCH3 is 1. The average molecular weight is 334 g/mol. The minimum absolute atomic E-state index is 0.618. The monoisotopic (exact) mass is 332 g/mol. The first-order valence-corrected chi connectivity index (χ1v) is 6.92. The van der Waals surface area contributed by atoms with E-state index in [1.807, 2.05) is 17.5 Å². The summed E-state index contributed by atoms with van der Waals surface area (Å²) in [6, 6.07) is 3.69. The van der Waals surface area contributed by atoms with Gasteiger partial charge in [-0.25, -0.2) is 4.79 Å². The molecule has 0 aliphatic rings. The molecule has 0 bridgehead atoms. The van der Waals surface area contributed by atoms with Gasteiger partial charge in [-0.15, -0.1) is 15.8 Å². The van der Waals surface area contributed by atoms with Gasteiger partial charge in [-0.2, -0.15) is 5.10 Å². The highest BCUT2D eigenvalue weighted by atomic mass is 35.6. The van der Waals surface area contributed by atoms with Crippen LogP contribution in [0.15, 0.2) is 22.6 Å². The summed E-state index contributed by atoms with van der Waals surface area (Å²) < 4.78 is 3.68. The molecule has 4 nitrogen and oxygen atoms in total. The van der Waals surface area contributed by atoms with Crippen molar-refractivity contribution in [2.75, 3.05) is 7.11 Å². The Morgan fingerprint density at radius 2 is 2.35 bits per heavy atom. The SMILES string of the molecule is COC(=O)N(N=Cc1cccs1)SC(Cl)(Cl)Cl. The van der Waals surface area contributed by atoms with E-state index in [0.717, 1.165) is 9.29 Å². The first-order valence-electron chi connectivity index (χ1n) is 4.14. The highest BCUT2D eigenvalue weighted by molar-refractivity contribution is 8.03. The quantitative estimate of drug-likeness (QED) is 0.361. The molecule has 0 aliphatic heterocycles. The number of rotatable bonds is 3. The molecule has 0 fully saturated rings. The van der Waals surface area contributed by atoms with E-state index in [4.69, 9.17) is 34.8 Å². The lowest BCUT2D eigenvalue weighted by atomic mass is 10.5. The summed E-state index contributed by atoms with van der Waals surface area (Å²) in [5, 5.41) is 5.76. The minimum Gasteiger partial charge on any atom is -0.451 e. The number of hydrazone groups is 1. The van der Waals surface area contributed by atoms with Gasteiger partial charge in [-0.05, 0) is 11.4 Å². The summed E-state index contributed by atoms with van der Waals surface area (Å²) >= 11 is 18.8. The van der Waals surface area contributed by atoms with Gasteiger partial charge in [0, 0.05) is 16.8 Å². The van der Waals surface area contributed by atoms with Gasteiger partial charge in [0.2, 0.25) is 0 Å². The first kappa shape index (κ1) is 14.9. The van der Waals surface area contributed by atoms with Crippen LogP contribution in [0.5, 0.6) is 0 Å². The Morgan fingerprint density at radius 1 is 1.65 bits per heavy atom. The van der Waals surface area contributed by atoms with Crippen LogP contribution in [-0.4, -0.2) is 27.0 Å². The average Bonchev–Trinajstić information content (AvgIpc) is 2.74. The van der Waals surface area contributed by atoms with Crippen molar-refractivity contribution < 1.29 is 9.53 Å². The van der Waals surface area contributed by atoms with Crippen LogP contribution in [0, 0.1) is 0 Å². The largest absolute Gasteiger partial charge is 0.451 e. The number of nitrogens with zero attached hydrogens (tertiary/aromatic N) is 2. The standard InChI is InChI=1S/C8H7Cl3N2O2S2/c1-15-7(14)13(17-8(9,10)11)12-5-6-3-2-4-16-6/h2-5H,1H3. The van der Waals surface area contributed by atoms with Gasteiger partial charge in [-0.3, -0.25) is 0 Å². The van der Waals surface area contributed by atoms with Gasteiger partial charge in [-0.1, -0.05) is 40.9 Å². The Kier molecular flexibility index (Phi) is 5.88. The van der Waals surface area contributed by atoms with Crippen LogP contribution in [0.1, 0.15) is 4.88 Å². The van der Waals surface area contributed by atoms with E-state index in [2.05, 4.69) is 9.84 Å². The summed E-state index contributed by atoms with van der Waals surface area (Å²) in [5.74, 6) is 0. The van der Waals surface area contributed by atoms with E-state index in [-0.39, 0.29) is 0 Å². The molecule has 0 radical (unpaired) electrons. The summed E-state index contributed by atoms with van der Waals surface area (Å²) in [7, 11) is 1.22. The molecule has 0 unspecified atom stereocenters. The van der Waals surface area contributed by atoms with Crippen LogP contribution in [-0.2, 0) is 4.74 Å². The molecule has 0 atom stereocenters. The second kappa shape index (κ2) is 6.70. The van der Waals surface area contributed by atoms with Gasteiger partial charge < -0.3 is 4.74 Å². The molecular formula is C8H7Cl3N2O2S2. The zero-order valence-electron chi connectivity index (χ0n) is 8.47. The van der Waals surface area contributed by atoms with Gasteiger partial charge in [0.15, 0.2) is 0 Å². The summed E-state index contributed by atoms with van der Waals surface area (Å²) in [4.78, 5) is 12.2. The molecule has 17 heavy (non-hydrogen) atoms. The third-order valence-electron chi connectivity index (χ3n) is 1.35. The van der Waals surface area contributed by atoms with E-state index in [1.165, 1.54) is 24.7 Å². The van der Waals surface area contributed by atoms with Gasteiger partial charge in [0.25, 0.3) is 3.12 Å². The smallest absolute Gasteiger partial charge is 0.440 e. The fourth-order valence-electron chi connectivity index (χ4n) is 0.758. The molecule has 0 spiro atoms. The van der Waals surface area contributed by atoms with Crippen molar-refractivity contribution >= 4 is 70.4 Å².